The van der Waals surface area contributed by atoms with Crippen LogP contribution in [0.4, 0.5) is 5.69 Å². The smallest absolute Gasteiger partial charge is 0.182 e. The summed E-state index contributed by atoms with van der Waals surface area (Å²) in [6.07, 6.45) is 10.0. The minimum absolute atomic E-state index is 0.390. The summed E-state index contributed by atoms with van der Waals surface area (Å²) in [6, 6.07) is 2.17. The third-order valence-corrected chi connectivity index (χ3v) is 3.96. The SMILES string of the molecule is CCO[C@H]1CC[C@H](n2cc(N)c(-c3ncccn3)n2)CC1. The first kappa shape index (κ1) is 14.0. The van der Waals surface area contributed by atoms with Crippen LogP contribution in [-0.2, 0) is 4.74 Å². The molecule has 2 aromatic rings. The number of ether oxygens (including phenoxy) is 1. The van der Waals surface area contributed by atoms with Crippen molar-refractivity contribution in [3.8, 4) is 11.5 Å². The van der Waals surface area contributed by atoms with Gasteiger partial charge in [0.1, 0.15) is 0 Å². The standard InChI is InChI=1S/C15H21N5O/c1-2-21-12-6-4-11(5-7-12)20-10-13(16)14(19-20)15-17-8-3-9-18-15/h3,8-12H,2,4-7,16H2,1H3/t11-,12-. The highest BCUT2D eigenvalue weighted by molar-refractivity contribution is 5.66. The molecule has 0 aromatic carbocycles. The molecule has 0 atom stereocenters. The second-order valence-corrected chi connectivity index (χ2v) is 5.37. The Bertz CT molecular complexity index is 575. The van der Waals surface area contributed by atoms with Gasteiger partial charge in [-0.2, -0.15) is 5.10 Å². The molecule has 0 radical (unpaired) electrons. The zero-order chi connectivity index (χ0) is 14.7. The summed E-state index contributed by atoms with van der Waals surface area (Å²) >= 11 is 0. The normalized spacial score (nSPS) is 22.3. The monoisotopic (exact) mass is 287 g/mol. The fourth-order valence-corrected chi connectivity index (χ4v) is 2.90. The topological polar surface area (TPSA) is 78.9 Å². The Labute approximate surface area is 124 Å². The molecule has 6 heteroatoms. The number of nitrogens with two attached hydrogens (primary N) is 1. The summed E-state index contributed by atoms with van der Waals surface area (Å²) < 4.78 is 7.67. The minimum atomic E-state index is 0.390. The lowest BCUT2D eigenvalue weighted by Crippen LogP contribution is -2.24. The molecule has 3 rings (SSSR count). The molecule has 112 valence electrons. The first-order valence-corrected chi connectivity index (χ1v) is 7.51. The number of hydrogen-bond acceptors (Lipinski definition) is 5. The maximum atomic E-state index is 6.07. The van der Waals surface area contributed by atoms with Crippen molar-refractivity contribution in [1.82, 2.24) is 19.7 Å². The molecule has 1 aliphatic carbocycles. The number of nitrogens with zero attached hydrogens (tertiary/aromatic N) is 4. The highest BCUT2D eigenvalue weighted by Gasteiger charge is 2.24. The van der Waals surface area contributed by atoms with Gasteiger partial charge in [0.2, 0.25) is 0 Å². The second kappa shape index (κ2) is 6.22. The van der Waals surface area contributed by atoms with E-state index in [1.165, 1.54) is 0 Å². The third kappa shape index (κ3) is 3.05. The molecule has 1 aliphatic rings. The van der Waals surface area contributed by atoms with Crippen LogP contribution in [-0.4, -0.2) is 32.5 Å². The molecule has 0 spiro atoms. The number of anilines is 1. The average Bonchev–Trinajstić information content (AvgIpc) is 2.91. The Hall–Kier alpha value is -1.95. The van der Waals surface area contributed by atoms with Gasteiger partial charge in [-0.15, -0.1) is 0 Å². The molecule has 1 saturated carbocycles. The van der Waals surface area contributed by atoms with Crippen molar-refractivity contribution in [3.63, 3.8) is 0 Å². The molecule has 2 aromatic heterocycles. The van der Waals surface area contributed by atoms with E-state index in [0.717, 1.165) is 32.3 Å². The lowest BCUT2D eigenvalue weighted by atomic mass is 9.93. The van der Waals surface area contributed by atoms with Crippen molar-refractivity contribution >= 4 is 5.69 Å². The van der Waals surface area contributed by atoms with E-state index in [2.05, 4.69) is 15.1 Å². The van der Waals surface area contributed by atoms with Gasteiger partial charge in [0.05, 0.1) is 17.8 Å². The van der Waals surface area contributed by atoms with Crippen LogP contribution < -0.4 is 5.73 Å². The van der Waals surface area contributed by atoms with Crippen LogP contribution >= 0.6 is 0 Å². The van der Waals surface area contributed by atoms with Gasteiger partial charge >= 0.3 is 0 Å². The summed E-state index contributed by atoms with van der Waals surface area (Å²) in [4.78, 5) is 8.44. The van der Waals surface area contributed by atoms with Crippen LogP contribution in [0, 0.1) is 0 Å². The predicted molar refractivity (Wildman–Crippen MR) is 80.6 cm³/mol. The Kier molecular flexibility index (Phi) is 4.15. The Morgan fingerprint density at radius 1 is 1.24 bits per heavy atom. The van der Waals surface area contributed by atoms with E-state index < -0.39 is 0 Å². The average molecular weight is 287 g/mol. The highest BCUT2D eigenvalue weighted by Crippen LogP contribution is 2.31. The maximum Gasteiger partial charge on any atom is 0.182 e. The molecule has 0 aliphatic heterocycles. The van der Waals surface area contributed by atoms with E-state index in [4.69, 9.17) is 10.5 Å². The molecule has 2 heterocycles. The number of rotatable bonds is 4. The largest absolute Gasteiger partial charge is 0.396 e. The first-order valence-electron chi connectivity index (χ1n) is 7.51. The third-order valence-electron chi connectivity index (χ3n) is 3.96. The van der Waals surface area contributed by atoms with Crippen LogP contribution in [0.25, 0.3) is 11.5 Å². The van der Waals surface area contributed by atoms with Crippen molar-refractivity contribution in [1.29, 1.82) is 0 Å². The van der Waals surface area contributed by atoms with Crippen molar-refractivity contribution in [2.45, 2.75) is 44.8 Å². The van der Waals surface area contributed by atoms with Gasteiger partial charge in [-0.3, -0.25) is 4.68 Å². The highest BCUT2D eigenvalue weighted by atomic mass is 16.5. The van der Waals surface area contributed by atoms with Crippen molar-refractivity contribution in [2.24, 2.45) is 0 Å². The van der Waals surface area contributed by atoms with Crippen LogP contribution in [0.5, 0.6) is 0 Å². The van der Waals surface area contributed by atoms with Crippen molar-refractivity contribution < 1.29 is 4.74 Å². The first-order chi connectivity index (χ1) is 10.3. The van der Waals surface area contributed by atoms with Gasteiger partial charge in [0, 0.05) is 25.2 Å². The van der Waals surface area contributed by atoms with E-state index in [1.54, 1.807) is 18.5 Å². The summed E-state index contributed by atoms with van der Waals surface area (Å²) in [7, 11) is 0. The van der Waals surface area contributed by atoms with Gasteiger partial charge in [0.25, 0.3) is 0 Å². The van der Waals surface area contributed by atoms with Crippen molar-refractivity contribution in [3.05, 3.63) is 24.7 Å². The second-order valence-electron chi connectivity index (χ2n) is 5.37. The van der Waals surface area contributed by atoms with Crippen molar-refractivity contribution in [2.75, 3.05) is 12.3 Å². The van der Waals surface area contributed by atoms with E-state index in [9.17, 15) is 0 Å². The van der Waals surface area contributed by atoms with Gasteiger partial charge < -0.3 is 10.5 Å². The van der Waals surface area contributed by atoms with Crippen LogP contribution in [0.15, 0.2) is 24.7 Å². The molecule has 6 nitrogen and oxygen atoms in total. The molecule has 2 N–H and O–H groups in total. The van der Waals surface area contributed by atoms with Gasteiger partial charge in [-0.25, -0.2) is 9.97 Å². The minimum Gasteiger partial charge on any atom is -0.396 e. The molecule has 0 amide bonds. The summed E-state index contributed by atoms with van der Waals surface area (Å²) in [5.41, 5.74) is 7.37. The molecule has 1 fully saturated rings. The quantitative estimate of drug-likeness (QED) is 0.934. The van der Waals surface area contributed by atoms with E-state index in [1.807, 2.05) is 17.8 Å². The molecule has 0 bridgehead atoms. The van der Waals surface area contributed by atoms with Crippen LogP contribution in [0.2, 0.25) is 0 Å². The summed E-state index contributed by atoms with van der Waals surface area (Å²) in [5.74, 6) is 0.580. The number of nitrogen functional groups attached to an aromatic ring is 1. The zero-order valence-electron chi connectivity index (χ0n) is 12.3. The maximum absolute atomic E-state index is 6.07. The molecule has 0 unspecified atom stereocenters. The molecule has 0 saturated heterocycles. The molecular formula is C15H21N5O. The fourth-order valence-electron chi connectivity index (χ4n) is 2.90. The zero-order valence-corrected chi connectivity index (χ0v) is 12.3. The summed E-state index contributed by atoms with van der Waals surface area (Å²) in [5, 5.41) is 4.60. The lowest BCUT2D eigenvalue weighted by Gasteiger charge is -2.28. The number of aromatic nitrogens is 4. The molecular weight excluding hydrogens is 266 g/mol. The lowest BCUT2D eigenvalue weighted by molar-refractivity contribution is 0.0260. The van der Waals surface area contributed by atoms with E-state index in [-0.39, 0.29) is 0 Å². The van der Waals surface area contributed by atoms with Gasteiger partial charge in [0.15, 0.2) is 11.5 Å². The fraction of sp³-hybridized carbons (Fsp3) is 0.533. The van der Waals surface area contributed by atoms with E-state index >= 15 is 0 Å². The Morgan fingerprint density at radius 2 is 1.95 bits per heavy atom. The Morgan fingerprint density at radius 3 is 2.62 bits per heavy atom. The Balaban J connectivity index is 1.73. The van der Waals surface area contributed by atoms with Crippen LogP contribution in [0.1, 0.15) is 38.6 Å². The molecule has 21 heavy (non-hydrogen) atoms. The van der Waals surface area contributed by atoms with Crippen LogP contribution in [0.3, 0.4) is 0 Å². The number of hydrogen-bond donors (Lipinski definition) is 1. The van der Waals surface area contributed by atoms with Gasteiger partial charge in [-0.1, -0.05) is 0 Å². The van der Waals surface area contributed by atoms with Gasteiger partial charge in [-0.05, 0) is 38.7 Å². The summed E-state index contributed by atoms with van der Waals surface area (Å²) in [6.45, 7) is 2.84. The predicted octanol–water partition coefficient (Wildman–Crippen LogP) is 2.44. The van der Waals surface area contributed by atoms with E-state index in [0.29, 0.717) is 29.4 Å².